The van der Waals surface area contributed by atoms with E-state index in [4.69, 9.17) is 10.2 Å². The van der Waals surface area contributed by atoms with E-state index >= 15 is 0 Å². The summed E-state index contributed by atoms with van der Waals surface area (Å²) in [6, 6.07) is 0. The number of fused-ring (bicyclic) bond motifs is 1. The fourth-order valence-electron chi connectivity index (χ4n) is 2.19. The third-order valence-electron chi connectivity index (χ3n) is 3.12. The van der Waals surface area contributed by atoms with Gasteiger partial charge in [-0.2, -0.15) is 10.1 Å². The van der Waals surface area contributed by atoms with Crippen LogP contribution in [0.1, 0.15) is 22.6 Å². The monoisotopic (exact) mass is 245 g/mol. The van der Waals surface area contributed by atoms with E-state index in [0.717, 1.165) is 35.5 Å². The van der Waals surface area contributed by atoms with Crippen LogP contribution in [0.5, 0.6) is 0 Å². The van der Waals surface area contributed by atoms with E-state index in [-0.39, 0.29) is 0 Å². The molecule has 94 valence electrons. The van der Waals surface area contributed by atoms with Gasteiger partial charge in [-0.1, -0.05) is 0 Å². The Kier molecular flexibility index (Phi) is 2.64. The first-order valence-corrected chi connectivity index (χ1v) is 5.92. The molecule has 0 fully saturated rings. The van der Waals surface area contributed by atoms with Gasteiger partial charge in [0.2, 0.25) is 0 Å². The SMILES string of the molecule is Cc1nc2occn2c1Cc1cn[nH]c1CCN. The summed E-state index contributed by atoms with van der Waals surface area (Å²) < 4.78 is 7.25. The minimum absolute atomic E-state index is 0.613. The lowest BCUT2D eigenvalue weighted by Gasteiger charge is -2.02. The summed E-state index contributed by atoms with van der Waals surface area (Å²) in [4.78, 5) is 4.37. The number of imidazole rings is 1. The zero-order chi connectivity index (χ0) is 12.5. The zero-order valence-corrected chi connectivity index (χ0v) is 10.2. The van der Waals surface area contributed by atoms with E-state index in [1.807, 2.05) is 23.7 Å². The molecule has 0 aliphatic heterocycles. The van der Waals surface area contributed by atoms with Crippen molar-refractivity contribution >= 4 is 5.84 Å². The summed E-state index contributed by atoms with van der Waals surface area (Å²) in [5.74, 6) is 0.631. The first-order chi connectivity index (χ1) is 8.79. The van der Waals surface area contributed by atoms with Gasteiger partial charge in [0.1, 0.15) is 6.26 Å². The molecule has 0 aliphatic rings. The van der Waals surface area contributed by atoms with Crippen molar-refractivity contribution in [1.82, 2.24) is 19.6 Å². The summed E-state index contributed by atoms with van der Waals surface area (Å²) in [7, 11) is 0. The molecular formula is C12H15N5O. The number of nitrogens with two attached hydrogens (primary N) is 1. The summed E-state index contributed by atoms with van der Waals surface area (Å²) >= 11 is 0. The predicted molar refractivity (Wildman–Crippen MR) is 66.3 cm³/mol. The van der Waals surface area contributed by atoms with Gasteiger partial charge in [0.05, 0.1) is 17.6 Å². The van der Waals surface area contributed by atoms with Gasteiger partial charge in [-0.05, 0) is 19.0 Å². The Bertz CT molecular complexity index is 663. The number of hydrogen-bond donors (Lipinski definition) is 2. The quantitative estimate of drug-likeness (QED) is 0.719. The Morgan fingerprint density at radius 1 is 1.50 bits per heavy atom. The molecular weight excluding hydrogens is 230 g/mol. The second kappa shape index (κ2) is 4.30. The van der Waals surface area contributed by atoms with Crippen molar-refractivity contribution in [2.24, 2.45) is 5.73 Å². The summed E-state index contributed by atoms with van der Waals surface area (Å²) in [6.07, 6.45) is 6.96. The highest BCUT2D eigenvalue weighted by molar-refractivity contribution is 5.35. The van der Waals surface area contributed by atoms with E-state index in [9.17, 15) is 0 Å². The zero-order valence-electron chi connectivity index (χ0n) is 10.2. The fourth-order valence-corrected chi connectivity index (χ4v) is 2.19. The molecule has 18 heavy (non-hydrogen) atoms. The molecule has 0 unspecified atom stereocenters. The molecule has 3 heterocycles. The molecule has 0 saturated heterocycles. The Balaban J connectivity index is 1.98. The standard InChI is InChI=1S/C12H15N5O/c1-8-11(17-4-5-18-12(17)15-8)6-9-7-14-16-10(9)2-3-13/h4-5,7H,2-3,6,13H2,1H3,(H,14,16). The van der Waals surface area contributed by atoms with Gasteiger partial charge in [-0.25, -0.2) is 0 Å². The van der Waals surface area contributed by atoms with Crippen molar-refractivity contribution in [3.63, 3.8) is 0 Å². The smallest absolute Gasteiger partial charge is 0.306 e. The maximum atomic E-state index is 5.59. The molecule has 3 aromatic rings. The first-order valence-electron chi connectivity index (χ1n) is 5.92. The van der Waals surface area contributed by atoms with Gasteiger partial charge < -0.3 is 10.2 Å². The lowest BCUT2D eigenvalue weighted by molar-refractivity contribution is 0.595. The van der Waals surface area contributed by atoms with Gasteiger partial charge in [0.15, 0.2) is 0 Å². The lowest BCUT2D eigenvalue weighted by atomic mass is 10.1. The Hall–Kier alpha value is -2.08. The second-order valence-corrected chi connectivity index (χ2v) is 4.29. The topological polar surface area (TPSA) is 85.1 Å². The molecule has 6 heteroatoms. The molecule has 0 radical (unpaired) electrons. The Morgan fingerprint density at radius 3 is 3.22 bits per heavy atom. The molecule has 0 amide bonds. The first kappa shape index (κ1) is 11.0. The van der Waals surface area contributed by atoms with E-state index in [1.54, 1.807) is 6.26 Å². The van der Waals surface area contributed by atoms with Crippen molar-refractivity contribution in [2.75, 3.05) is 6.54 Å². The van der Waals surface area contributed by atoms with Crippen LogP contribution >= 0.6 is 0 Å². The third-order valence-corrected chi connectivity index (χ3v) is 3.12. The molecule has 0 saturated carbocycles. The fraction of sp³-hybridized carbons (Fsp3) is 0.333. The van der Waals surface area contributed by atoms with Crippen molar-refractivity contribution in [2.45, 2.75) is 19.8 Å². The van der Waals surface area contributed by atoms with Crippen molar-refractivity contribution in [1.29, 1.82) is 0 Å². The number of oxazole rings is 1. The highest BCUT2D eigenvalue weighted by Crippen LogP contribution is 2.18. The largest absolute Gasteiger partial charge is 0.432 e. The van der Waals surface area contributed by atoms with Crippen LogP contribution in [0.2, 0.25) is 0 Å². The highest BCUT2D eigenvalue weighted by Gasteiger charge is 2.14. The average molecular weight is 245 g/mol. The number of rotatable bonds is 4. The van der Waals surface area contributed by atoms with Gasteiger partial charge in [0.25, 0.3) is 0 Å². The predicted octanol–water partition coefficient (Wildman–Crippen LogP) is 1.05. The molecule has 3 N–H and O–H groups in total. The molecule has 3 aromatic heterocycles. The van der Waals surface area contributed by atoms with Crippen molar-refractivity contribution < 1.29 is 4.42 Å². The summed E-state index contributed by atoms with van der Waals surface area (Å²) in [5.41, 5.74) is 9.94. The van der Waals surface area contributed by atoms with Crippen molar-refractivity contribution in [3.05, 3.63) is 41.3 Å². The minimum Gasteiger partial charge on any atom is -0.432 e. The van der Waals surface area contributed by atoms with E-state index in [2.05, 4.69) is 15.2 Å². The summed E-state index contributed by atoms with van der Waals surface area (Å²) in [5, 5.41) is 7.08. The normalized spacial score (nSPS) is 11.4. The van der Waals surface area contributed by atoms with Gasteiger partial charge >= 0.3 is 5.84 Å². The molecule has 0 bridgehead atoms. The Labute approximate surface area is 104 Å². The molecule has 0 aliphatic carbocycles. The lowest BCUT2D eigenvalue weighted by Crippen LogP contribution is -2.06. The highest BCUT2D eigenvalue weighted by atomic mass is 16.3. The van der Waals surface area contributed by atoms with Crippen LogP contribution in [0.25, 0.3) is 5.84 Å². The third kappa shape index (κ3) is 1.70. The molecule has 0 spiro atoms. The number of nitrogens with one attached hydrogen (secondary N) is 1. The number of H-pyrrole nitrogens is 1. The minimum atomic E-state index is 0.613. The summed E-state index contributed by atoms with van der Waals surface area (Å²) in [6.45, 7) is 2.60. The molecule has 0 aromatic carbocycles. The van der Waals surface area contributed by atoms with Gasteiger partial charge in [0, 0.05) is 24.7 Å². The van der Waals surface area contributed by atoms with Crippen LogP contribution in [0.4, 0.5) is 0 Å². The van der Waals surface area contributed by atoms with E-state index in [1.165, 1.54) is 0 Å². The second-order valence-electron chi connectivity index (χ2n) is 4.29. The number of nitrogens with zero attached hydrogens (tertiary/aromatic N) is 3. The van der Waals surface area contributed by atoms with Gasteiger partial charge in [-0.15, -0.1) is 0 Å². The van der Waals surface area contributed by atoms with Crippen molar-refractivity contribution in [3.8, 4) is 0 Å². The van der Waals surface area contributed by atoms with Crippen LogP contribution in [-0.4, -0.2) is 26.1 Å². The van der Waals surface area contributed by atoms with E-state index in [0.29, 0.717) is 12.4 Å². The maximum absolute atomic E-state index is 5.59. The number of aromatic amines is 1. The molecule has 0 atom stereocenters. The van der Waals surface area contributed by atoms with Crippen LogP contribution in [0, 0.1) is 6.92 Å². The Morgan fingerprint density at radius 2 is 2.39 bits per heavy atom. The molecule has 6 nitrogen and oxygen atoms in total. The van der Waals surface area contributed by atoms with E-state index < -0.39 is 0 Å². The average Bonchev–Trinajstić information content (AvgIpc) is 3.00. The van der Waals surface area contributed by atoms with Crippen LogP contribution in [-0.2, 0) is 12.8 Å². The van der Waals surface area contributed by atoms with Gasteiger partial charge in [-0.3, -0.25) is 9.50 Å². The van der Waals surface area contributed by atoms with Crippen LogP contribution < -0.4 is 5.73 Å². The number of hydrogen-bond acceptors (Lipinski definition) is 4. The van der Waals surface area contributed by atoms with Crippen LogP contribution in [0.15, 0.2) is 23.1 Å². The maximum Gasteiger partial charge on any atom is 0.306 e. The van der Waals surface area contributed by atoms with Crippen LogP contribution in [0.3, 0.4) is 0 Å². The molecule has 3 rings (SSSR count). The number of aryl methyl sites for hydroxylation is 1. The number of aromatic nitrogens is 4.